The van der Waals surface area contributed by atoms with Gasteiger partial charge in [0, 0.05) is 36.0 Å². The first-order valence-corrected chi connectivity index (χ1v) is 7.15. The third kappa shape index (κ3) is 1.71. The quantitative estimate of drug-likeness (QED) is 0.646. The molecule has 0 radical (unpaired) electrons. The van der Waals surface area contributed by atoms with Crippen LogP contribution in [0.25, 0.3) is 0 Å². The Bertz CT molecular complexity index is 528. The van der Waals surface area contributed by atoms with E-state index in [0.717, 1.165) is 0 Å². The van der Waals surface area contributed by atoms with Crippen LogP contribution >= 0.6 is 0 Å². The first-order chi connectivity index (χ1) is 9.37. The maximum absolute atomic E-state index is 3.00. The summed E-state index contributed by atoms with van der Waals surface area (Å²) < 4.78 is 0. The van der Waals surface area contributed by atoms with Gasteiger partial charge in [-0.15, -0.1) is 13.2 Å². The Balaban J connectivity index is 0.000000704. The van der Waals surface area contributed by atoms with E-state index >= 15 is 0 Å². The zero-order valence-corrected chi connectivity index (χ0v) is 13.4. The monoisotopic (exact) mass is 270 g/mol. The SMILES string of the molecule is C=C.CN1C=CN2c3ccccc3C(C)(C)C(C)(C)C12. The Kier molecular flexibility index (Phi) is 3.45. The van der Waals surface area contributed by atoms with Gasteiger partial charge in [0.05, 0.1) is 0 Å². The first kappa shape index (κ1) is 14.7. The molecule has 1 aromatic carbocycles. The summed E-state index contributed by atoms with van der Waals surface area (Å²) in [4.78, 5) is 4.75. The van der Waals surface area contributed by atoms with Crippen LogP contribution in [0.5, 0.6) is 0 Å². The van der Waals surface area contributed by atoms with E-state index in [1.807, 2.05) is 0 Å². The van der Waals surface area contributed by atoms with Crippen molar-refractivity contribution in [2.75, 3.05) is 11.9 Å². The Morgan fingerprint density at radius 2 is 1.60 bits per heavy atom. The van der Waals surface area contributed by atoms with Crippen molar-refractivity contribution < 1.29 is 0 Å². The van der Waals surface area contributed by atoms with E-state index in [4.69, 9.17) is 0 Å². The van der Waals surface area contributed by atoms with E-state index in [-0.39, 0.29) is 10.8 Å². The van der Waals surface area contributed by atoms with E-state index in [1.165, 1.54) is 11.3 Å². The van der Waals surface area contributed by atoms with Crippen molar-refractivity contribution in [3.8, 4) is 0 Å². The van der Waals surface area contributed by atoms with Gasteiger partial charge in [0.15, 0.2) is 0 Å². The van der Waals surface area contributed by atoms with Crippen LogP contribution in [0.2, 0.25) is 0 Å². The molecule has 2 heteroatoms. The predicted molar refractivity (Wildman–Crippen MR) is 87.7 cm³/mol. The smallest absolute Gasteiger partial charge is 0.111 e. The fraction of sp³-hybridized carbons (Fsp3) is 0.444. The third-order valence-electron chi connectivity index (χ3n) is 5.22. The molecule has 0 aliphatic carbocycles. The molecule has 0 saturated heterocycles. The van der Waals surface area contributed by atoms with Crippen LogP contribution in [0.1, 0.15) is 33.3 Å². The Hall–Kier alpha value is -1.70. The second-order valence-corrected chi connectivity index (χ2v) is 6.61. The van der Waals surface area contributed by atoms with Gasteiger partial charge >= 0.3 is 0 Å². The lowest BCUT2D eigenvalue weighted by Crippen LogP contribution is -2.59. The summed E-state index contributed by atoms with van der Waals surface area (Å²) in [6, 6.07) is 8.80. The molecule has 1 atom stereocenters. The van der Waals surface area contributed by atoms with Crippen molar-refractivity contribution in [2.24, 2.45) is 5.41 Å². The molecule has 108 valence electrons. The molecular weight excluding hydrogens is 244 g/mol. The summed E-state index contributed by atoms with van der Waals surface area (Å²) in [6.07, 6.45) is 4.80. The first-order valence-electron chi connectivity index (χ1n) is 7.15. The summed E-state index contributed by atoms with van der Waals surface area (Å²) in [5, 5.41) is 0. The lowest BCUT2D eigenvalue weighted by Gasteiger charge is -2.56. The minimum Gasteiger partial charge on any atom is -0.358 e. The second-order valence-electron chi connectivity index (χ2n) is 6.61. The van der Waals surface area contributed by atoms with Crippen LogP contribution in [0.3, 0.4) is 0 Å². The molecule has 2 nitrogen and oxygen atoms in total. The van der Waals surface area contributed by atoms with Crippen molar-refractivity contribution in [3.05, 3.63) is 55.4 Å². The Morgan fingerprint density at radius 3 is 2.25 bits per heavy atom. The highest BCUT2D eigenvalue weighted by Crippen LogP contribution is 2.54. The number of rotatable bonds is 0. The van der Waals surface area contributed by atoms with Crippen LogP contribution in [0.4, 0.5) is 5.69 Å². The van der Waals surface area contributed by atoms with Crippen LogP contribution in [-0.4, -0.2) is 18.1 Å². The molecule has 0 bridgehead atoms. The fourth-order valence-corrected chi connectivity index (χ4v) is 3.50. The van der Waals surface area contributed by atoms with Gasteiger partial charge < -0.3 is 9.80 Å². The standard InChI is InChI=1S/C16H22N2.C2H4/c1-15(2)12-8-6-7-9-13(12)18-11-10-17(5)14(18)16(15,3)4;1-2/h6-11,14H,1-5H3;1-2H2. The Morgan fingerprint density at radius 1 is 1.00 bits per heavy atom. The molecule has 1 unspecified atom stereocenters. The number of nitrogens with zero attached hydrogens (tertiary/aromatic N) is 2. The van der Waals surface area contributed by atoms with Crippen molar-refractivity contribution in [1.29, 1.82) is 0 Å². The van der Waals surface area contributed by atoms with Crippen molar-refractivity contribution in [1.82, 2.24) is 4.90 Å². The summed E-state index contributed by atoms with van der Waals surface area (Å²) in [7, 11) is 2.17. The summed E-state index contributed by atoms with van der Waals surface area (Å²) >= 11 is 0. The molecule has 3 rings (SSSR count). The van der Waals surface area contributed by atoms with Crippen molar-refractivity contribution in [3.63, 3.8) is 0 Å². The lowest BCUT2D eigenvalue weighted by atomic mass is 9.59. The minimum absolute atomic E-state index is 0.158. The number of fused-ring (bicyclic) bond motifs is 3. The van der Waals surface area contributed by atoms with E-state index in [0.29, 0.717) is 6.17 Å². The zero-order valence-electron chi connectivity index (χ0n) is 13.4. The molecule has 1 aromatic rings. The van der Waals surface area contributed by atoms with E-state index in [2.05, 4.69) is 94.4 Å². The largest absolute Gasteiger partial charge is 0.358 e. The highest BCUT2D eigenvalue weighted by Gasteiger charge is 2.53. The highest BCUT2D eigenvalue weighted by atomic mass is 15.4. The molecular formula is C18H26N2. The maximum atomic E-state index is 3.00. The van der Waals surface area contributed by atoms with Crippen molar-refractivity contribution >= 4 is 5.69 Å². The number of hydrogen-bond donors (Lipinski definition) is 0. The number of benzene rings is 1. The summed E-state index contributed by atoms with van der Waals surface area (Å²) in [6.45, 7) is 15.5. The lowest BCUT2D eigenvalue weighted by molar-refractivity contribution is 0.0764. The van der Waals surface area contributed by atoms with E-state index < -0.39 is 0 Å². The average Bonchev–Trinajstić information content (AvgIpc) is 2.82. The Labute approximate surface area is 123 Å². The number of hydrogen-bond acceptors (Lipinski definition) is 2. The van der Waals surface area contributed by atoms with Gasteiger partial charge in [-0.25, -0.2) is 0 Å². The molecule has 20 heavy (non-hydrogen) atoms. The molecule has 0 amide bonds. The van der Waals surface area contributed by atoms with E-state index in [9.17, 15) is 0 Å². The number of para-hydroxylation sites is 1. The molecule has 2 heterocycles. The topological polar surface area (TPSA) is 6.48 Å². The fourth-order valence-electron chi connectivity index (χ4n) is 3.50. The van der Waals surface area contributed by atoms with Gasteiger partial charge in [-0.1, -0.05) is 45.9 Å². The van der Waals surface area contributed by atoms with Gasteiger partial charge in [0.1, 0.15) is 6.17 Å². The molecule has 0 aromatic heterocycles. The third-order valence-corrected chi connectivity index (χ3v) is 5.22. The average molecular weight is 270 g/mol. The summed E-state index contributed by atoms with van der Waals surface area (Å²) in [5.74, 6) is 0. The van der Waals surface area contributed by atoms with Gasteiger partial charge in [0.25, 0.3) is 0 Å². The van der Waals surface area contributed by atoms with E-state index in [1.54, 1.807) is 0 Å². The minimum atomic E-state index is 0.158. The second kappa shape index (κ2) is 4.69. The van der Waals surface area contributed by atoms with Gasteiger partial charge in [-0.3, -0.25) is 0 Å². The molecule has 0 spiro atoms. The number of anilines is 1. The van der Waals surface area contributed by atoms with Gasteiger partial charge in [-0.05, 0) is 11.6 Å². The van der Waals surface area contributed by atoms with Crippen LogP contribution in [-0.2, 0) is 5.41 Å². The highest BCUT2D eigenvalue weighted by molar-refractivity contribution is 5.64. The zero-order chi connectivity index (χ0) is 15.1. The van der Waals surface area contributed by atoms with Crippen LogP contribution in [0, 0.1) is 5.41 Å². The maximum Gasteiger partial charge on any atom is 0.111 e. The molecule has 0 N–H and O–H groups in total. The molecule has 2 aliphatic rings. The normalized spacial score (nSPS) is 24.6. The molecule has 0 saturated carbocycles. The summed E-state index contributed by atoms with van der Waals surface area (Å²) in [5.41, 5.74) is 3.14. The predicted octanol–water partition coefficient (Wildman–Crippen LogP) is 4.36. The van der Waals surface area contributed by atoms with Gasteiger partial charge in [0.2, 0.25) is 0 Å². The van der Waals surface area contributed by atoms with Gasteiger partial charge in [-0.2, -0.15) is 0 Å². The molecule has 2 aliphatic heterocycles. The van der Waals surface area contributed by atoms with Crippen LogP contribution < -0.4 is 4.90 Å². The molecule has 0 fully saturated rings. The van der Waals surface area contributed by atoms with Crippen molar-refractivity contribution in [2.45, 2.75) is 39.3 Å². The van der Waals surface area contributed by atoms with Crippen LogP contribution in [0.15, 0.2) is 49.8 Å².